The standard InChI is InChI=1S/C19H20Cl2N2O3/c1-12-4-7-18(26-3)17(10-12)23(13(2)24)9-8-19(25)22-14-5-6-15(20)16(21)11-14/h4-7,10-11H,8-9H2,1-3H3,(H,22,25). The maximum Gasteiger partial charge on any atom is 0.226 e. The van der Waals surface area contributed by atoms with E-state index in [9.17, 15) is 9.59 Å². The molecule has 0 bridgehead atoms. The first-order chi connectivity index (χ1) is 12.3. The number of amides is 2. The number of nitrogens with zero attached hydrogens (tertiary/aromatic N) is 1. The average molecular weight is 395 g/mol. The highest BCUT2D eigenvalue weighted by Gasteiger charge is 2.18. The number of anilines is 2. The minimum atomic E-state index is -0.235. The summed E-state index contributed by atoms with van der Waals surface area (Å²) in [5.74, 6) is 0.174. The van der Waals surface area contributed by atoms with Crippen molar-refractivity contribution in [3.05, 3.63) is 52.0 Å². The molecule has 0 atom stereocenters. The Morgan fingerprint density at radius 2 is 1.85 bits per heavy atom. The number of carbonyl (C=O) groups is 2. The van der Waals surface area contributed by atoms with E-state index in [0.29, 0.717) is 27.2 Å². The third-order valence-corrected chi connectivity index (χ3v) is 4.51. The van der Waals surface area contributed by atoms with Gasteiger partial charge in [0, 0.05) is 25.6 Å². The van der Waals surface area contributed by atoms with Crippen LogP contribution in [-0.4, -0.2) is 25.5 Å². The Hall–Kier alpha value is -2.24. The quantitative estimate of drug-likeness (QED) is 0.772. The lowest BCUT2D eigenvalue weighted by atomic mass is 10.1. The van der Waals surface area contributed by atoms with E-state index in [4.69, 9.17) is 27.9 Å². The van der Waals surface area contributed by atoms with Gasteiger partial charge in [-0.1, -0.05) is 29.3 Å². The van der Waals surface area contributed by atoms with Crippen molar-refractivity contribution in [2.24, 2.45) is 0 Å². The van der Waals surface area contributed by atoms with Crippen molar-refractivity contribution < 1.29 is 14.3 Å². The summed E-state index contributed by atoms with van der Waals surface area (Å²) in [6, 6.07) is 10.4. The number of aryl methyl sites for hydroxylation is 1. The fourth-order valence-corrected chi connectivity index (χ4v) is 2.77. The lowest BCUT2D eigenvalue weighted by Gasteiger charge is -2.23. The molecule has 26 heavy (non-hydrogen) atoms. The molecule has 0 aliphatic rings. The van der Waals surface area contributed by atoms with E-state index in [1.807, 2.05) is 19.1 Å². The molecule has 0 aliphatic heterocycles. The minimum Gasteiger partial charge on any atom is -0.495 e. The van der Waals surface area contributed by atoms with E-state index < -0.39 is 0 Å². The Morgan fingerprint density at radius 1 is 1.12 bits per heavy atom. The monoisotopic (exact) mass is 394 g/mol. The van der Waals surface area contributed by atoms with Crippen molar-refractivity contribution >= 4 is 46.4 Å². The molecular formula is C19H20Cl2N2O3. The van der Waals surface area contributed by atoms with Crippen molar-refractivity contribution in [2.75, 3.05) is 23.9 Å². The third kappa shape index (κ3) is 5.13. The molecule has 2 aromatic rings. The van der Waals surface area contributed by atoms with Gasteiger partial charge in [0.1, 0.15) is 5.75 Å². The van der Waals surface area contributed by atoms with Crippen molar-refractivity contribution in [1.82, 2.24) is 0 Å². The number of hydrogen-bond acceptors (Lipinski definition) is 3. The average Bonchev–Trinajstić information content (AvgIpc) is 2.58. The predicted octanol–water partition coefficient (Wildman–Crippen LogP) is 4.69. The number of carbonyl (C=O) groups excluding carboxylic acids is 2. The van der Waals surface area contributed by atoms with Gasteiger partial charge in [0.25, 0.3) is 0 Å². The summed E-state index contributed by atoms with van der Waals surface area (Å²) >= 11 is 11.8. The zero-order valence-electron chi connectivity index (χ0n) is 14.8. The van der Waals surface area contributed by atoms with Crippen molar-refractivity contribution in [3.63, 3.8) is 0 Å². The Morgan fingerprint density at radius 3 is 2.46 bits per heavy atom. The van der Waals surface area contributed by atoms with Gasteiger partial charge in [0.2, 0.25) is 11.8 Å². The normalized spacial score (nSPS) is 10.3. The van der Waals surface area contributed by atoms with Gasteiger partial charge in [-0.3, -0.25) is 9.59 Å². The molecule has 0 saturated heterocycles. The molecular weight excluding hydrogens is 375 g/mol. The molecule has 1 N–H and O–H groups in total. The SMILES string of the molecule is COc1ccc(C)cc1N(CCC(=O)Nc1ccc(Cl)c(Cl)c1)C(C)=O. The van der Waals surface area contributed by atoms with Crippen LogP contribution in [0.5, 0.6) is 5.75 Å². The van der Waals surface area contributed by atoms with Crippen LogP contribution in [0.4, 0.5) is 11.4 Å². The maximum absolute atomic E-state index is 12.2. The second-order valence-corrected chi connectivity index (χ2v) is 6.59. The summed E-state index contributed by atoms with van der Waals surface area (Å²) in [7, 11) is 1.55. The molecule has 138 valence electrons. The number of rotatable bonds is 6. The van der Waals surface area contributed by atoms with Crippen LogP contribution in [0.3, 0.4) is 0 Å². The molecule has 0 spiro atoms. The van der Waals surface area contributed by atoms with Crippen LogP contribution < -0.4 is 15.0 Å². The van der Waals surface area contributed by atoms with E-state index in [1.54, 1.807) is 31.4 Å². The summed E-state index contributed by atoms with van der Waals surface area (Å²) in [4.78, 5) is 25.8. The summed E-state index contributed by atoms with van der Waals surface area (Å²) in [5.41, 5.74) is 2.18. The predicted molar refractivity (Wildman–Crippen MR) is 105 cm³/mol. The van der Waals surface area contributed by atoms with Crippen LogP contribution in [-0.2, 0) is 9.59 Å². The zero-order valence-corrected chi connectivity index (χ0v) is 16.3. The number of halogens is 2. The van der Waals surface area contributed by atoms with Crippen molar-refractivity contribution in [3.8, 4) is 5.75 Å². The highest BCUT2D eigenvalue weighted by atomic mass is 35.5. The van der Waals surface area contributed by atoms with Gasteiger partial charge in [0.15, 0.2) is 0 Å². The Bertz CT molecular complexity index is 824. The highest BCUT2D eigenvalue weighted by Crippen LogP contribution is 2.30. The van der Waals surface area contributed by atoms with Crippen LogP contribution in [0.1, 0.15) is 18.9 Å². The molecule has 0 fully saturated rings. The molecule has 7 heteroatoms. The van der Waals surface area contributed by atoms with Gasteiger partial charge in [0.05, 0.1) is 22.8 Å². The first-order valence-corrected chi connectivity index (χ1v) is 8.75. The molecule has 0 aliphatic carbocycles. The van der Waals surface area contributed by atoms with Crippen molar-refractivity contribution in [2.45, 2.75) is 20.3 Å². The van der Waals surface area contributed by atoms with Gasteiger partial charge >= 0.3 is 0 Å². The van der Waals surface area contributed by atoms with Crippen LogP contribution in [0.15, 0.2) is 36.4 Å². The Labute approximate surface area is 162 Å². The molecule has 2 amide bonds. The number of nitrogens with one attached hydrogen (secondary N) is 1. The molecule has 0 saturated carbocycles. The molecule has 0 unspecified atom stereocenters. The van der Waals surface area contributed by atoms with Crippen LogP contribution >= 0.6 is 23.2 Å². The summed E-state index contributed by atoms with van der Waals surface area (Å²) in [6.07, 6.45) is 0.122. The lowest BCUT2D eigenvalue weighted by molar-refractivity contribution is -0.117. The summed E-state index contributed by atoms with van der Waals surface area (Å²) < 4.78 is 5.34. The summed E-state index contributed by atoms with van der Waals surface area (Å²) in [6.45, 7) is 3.61. The van der Waals surface area contributed by atoms with Gasteiger partial charge in [-0.25, -0.2) is 0 Å². The van der Waals surface area contributed by atoms with E-state index in [0.717, 1.165) is 5.56 Å². The second-order valence-electron chi connectivity index (χ2n) is 5.77. The van der Waals surface area contributed by atoms with Gasteiger partial charge in [-0.15, -0.1) is 0 Å². The first kappa shape index (κ1) is 20.1. The van der Waals surface area contributed by atoms with Crippen molar-refractivity contribution in [1.29, 1.82) is 0 Å². The number of ether oxygens (including phenoxy) is 1. The van der Waals surface area contributed by atoms with Gasteiger partial charge in [-0.05, 0) is 42.8 Å². The van der Waals surface area contributed by atoms with E-state index in [2.05, 4.69) is 5.32 Å². The fraction of sp³-hybridized carbons (Fsp3) is 0.263. The number of benzene rings is 2. The maximum atomic E-state index is 12.2. The van der Waals surface area contributed by atoms with Gasteiger partial charge < -0.3 is 15.0 Å². The largest absolute Gasteiger partial charge is 0.495 e. The first-order valence-electron chi connectivity index (χ1n) is 7.99. The molecule has 0 heterocycles. The smallest absolute Gasteiger partial charge is 0.226 e. The van der Waals surface area contributed by atoms with Crippen LogP contribution in [0.2, 0.25) is 10.0 Å². The topological polar surface area (TPSA) is 58.6 Å². The minimum absolute atomic E-state index is 0.122. The molecule has 2 aromatic carbocycles. The van der Waals surface area contributed by atoms with E-state index >= 15 is 0 Å². The highest BCUT2D eigenvalue weighted by molar-refractivity contribution is 6.42. The second kappa shape index (κ2) is 8.92. The molecule has 0 aromatic heterocycles. The molecule has 2 rings (SSSR count). The van der Waals surface area contributed by atoms with Crippen LogP contribution in [0, 0.1) is 6.92 Å². The third-order valence-electron chi connectivity index (χ3n) is 3.77. The Kier molecular flexibility index (Phi) is 6.89. The Balaban J connectivity index is 2.09. The van der Waals surface area contributed by atoms with Crippen LogP contribution in [0.25, 0.3) is 0 Å². The fourth-order valence-electron chi connectivity index (χ4n) is 2.47. The number of methoxy groups -OCH3 is 1. The zero-order chi connectivity index (χ0) is 19.3. The van der Waals surface area contributed by atoms with Gasteiger partial charge in [-0.2, -0.15) is 0 Å². The summed E-state index contributed by atoms with van der Waals surface area (Å²) in [5, 5.41) is 3.52. The number of hydrogen-bond donors (Lipinski definition) is 1. The van der Waals surface area contributed by atoms with E-state index in [-0.39, 0.29) is 24.8 Å². The molecule has 5 nitrogen and oxygen atoms in total. The molecule has 0 radical (unpaired) electrons. The lowest BCUT2D eigenvalue weighted by Crippen LogP contribution is -2.32. The van der Waals surface area contributed by atoms with E-state index in [1.165, 1.54) is 11.8 Å².